The van der Waals surface area contributed by atoms with Gasteiger partial charge in [0, 0.05) is 12.6 Å². The second-order valence-electron chi connectivity index (χ2n) is 7.73. The summed E-state index contributed by atoms with van der Waals surface area (Å²) in [7, 11) is -6.19. The molecule has 3 rings (SSSR count). The van der Waals surface area contributed by atoms with Crippen molar-refractivity contribution in [3.05, 3.63) is 66.2 Å². The molecule has 0 radical (unpaired) electrons. The summed E-state index contributed by atoms with van der Waals surface area (Å²) >= 11 is 0. The van der Waals surface area contributed by atoms with Crippen molar-refractivity contribution in [2.75, 3.05) is 12.9 Å². The quantitative estimate of drug-likeness (QED) is 0.386. The Morgan fingerprint density at radius 2 is 1.58 bits per heavy atom. The number of hydrogen-bond donors (Lipinski definition) is 0. The first kappa shape index (κ1) is 25.0. The van der Waals surface area contributed by atoms with Gasteiger partial charge in [-0.25, -0.2) is 8.42 Å². The van der Waals surface area contributed by atoms with E-state index in [4.69, 9.17) is 8.92 Å². The van der Waals surface area contributed by atoms with E-state index < -0.39 is 20.1 Å². The van der Waals surface area contributed by atoms with E-state index in [0.717, 1.165) is 10.8 Å². The van der Waals surface area contributed by atoms with Gasteiger partial charge in [0.15, 0.2) is 11.5 Å². The van der Waals surface area contributed by atoms with Gasteiger partial charge in [-0.1, -0.05) is 43.3 Å². The van der Waals surface area contributed by atoms with Gasteiger partial charge >= 0.3 is 10.1 Å². The molecule has 0 aliphatic heterocycles. The van der Waals surface area contributed by atoms with E-state index >= 15 is 0 Å². The third-order valence-electron chi connectivity index (χ3n) is 5.55. The zero-order chi connectivity index (χ0) is 24.2. The second-order valence-corrected chi connectivity index (χ2v) is 11.5. The number of methoxy groups -OCH3 is 1. The summed E-state index contributed by atoms with van der Waals surface area (Å²) in [6, 6.07) is 17.2. The molecule has 33 heavy (non-hydrogen) atoms. The molecule has 1 atom stereocenters. The molecule has 3 aromatic carbocycles. The molecule has 0 amide bonds. The summed E-state index contributed by atoms with van der Waals surface area (Å²) in [5.41, 5.74) is 0.585. The topological polar surface area (TPSA) is 90.0 Å². The summed E-state index contributed by atoms with van der Waals surface area (Å²) in [6.45, 7) is 5.30. The molecule has 0 saturated heterocycles. The highest BCUT2D eigenvalue weighted by Crippen LogP contribution is 2.32. The number of fused-ring (bicyclic) bond motifs is 1. The fraction of sp³-hybridized carbons (Fsp3) is 0.333. The van der Waals surface area contributed by atoms with Crippen LogP contribution in [0.1, 0.15) is 32.8 Å². The van der Waals surface area contributed by atoms with E-state index in [1.54, 1.807) is 30.3 Å². The number of nitrogens with zero attached hydrogens (tertiary/aromatic N) is 1. The monoisotopic (exact) mass is 491 g/mol. The fourth-order valence-electron chi connectivity index (χ4n) is 3.40. The number of benzene rings is 3. The maximum absolute atomic E-state index is 13.6. The molecular weight excluding hydrogens is 462 g/mol. The van der Waals surface area contributed by atoms with Gasteiger partial charge in [0.1, 0.15) is 0 Å². The lowest BCUT2D eigenvalue weighted by molar-refractivity contribution is 0.322. The molecule has 0 aromatic heterocycles. The highest BCUT2D eigenvalue weighted by atomic mass is 32.2. The molecule has 0 N–H and O–H groups in total. The zero-order valence-electron chi connectivity index (χ0n) is 19.2. The number of sulfonamides is 1. The Balaban J connectivity index is 2.01. The van der Waals surface area contributed by atoms with Crippen LogP contribution < -0.4 is 8.92 Å². The van der Waals surface area contributed by atoms with Gasteiger partial charge in [0.25, 0.3) is 0 Å². The lowest BCUT2D eigenvalue weighted by atomic mass is 10.1. The Labute approximate surface area is 196 Å². The van der Waals surface area contributed by atoms with Crippen LogP contribution in [0.15, 0.2) is 65.6 Å². The summed E-state index contributed by atoms with van der Waals surface area (Å²) in [5, 5.41) is 1.80. The molecule has 0 fully saturated rings. The summed E-state index contributed by atoms with van der Waals surface area (Å²) in [6.07, 6.45) is 0.608. The number of rotatable bonds is 10. The van der Waals surface area contributed by atoms with Gasteiger partial charge < -0.3 is 8.92 Å². The van der Waals surface area contributed by atoms with Gasteiger partial charge in [-0.05, 0) is 60.9 Å². The maximum atomic E-state index is 13.6. The Morgan fingerprint density at radius 1 is 0.879 bits per heavy atom. The van der Waals surface area contributed by atoms with Crippen molar-refractivity contribution in [1.82, 2.24) is 4.31 Å². The van der Waals surface area contributed by atoms with E-state index in [1.807, 2.05) is 38.1 Å². The summed E-state index contributed by atoms with van der Waals surface area (Å²) in [5.74, 6) is 0.0859. The van der Waals surface area contributed by atoms with Gasteiger partial charge in [-0.3, -0.25) is 0 Å². The van der Waals surface area contributed by atoms with Crippen LogP contribution in [0.3, 0.4) is 0 Å². The first-order chi connectivity index (χ1) is 15.6. The molecule has 9 heteroatoms. The smallest absolute Gasteiger partial charge is 0.309 e. The Morgan fingerprint density at radius 3 is 2.21 bits per heavy atom. The standard InChI is InChI=1S/C24H29NO6S2/c1-5-18(3)25(33(28,29)22-13-12-20-9-7-8-10-21(20)16-22)17-19-11-14-23(30-4)24(15-19)31-32(26,27)6-2/h7-16,18H,5-6,17H2,1-4H3/t18-/m1/s1. The van der Waals surface area contributed by atoms with Crippen LogP contribution in [0.25, 0.3) is 10.8 Å². The molecule has 0 heterocycles. The molecule has 0 spiro atoms. The highest BCUT2D eigenvalue weighted by molar-refractivity contribution is 7.89. The van der Waals surface area contributed by atoms with Crippen LogP contribution in [0, 0.1) is 0 Å². The minimum Gasteiger partial charge on any atom is -0.493 e. The van der Waals surface area contributed by atoms with Crippen LogP contribution >= 0.6 is 0 Å². The van der Waals surface area contributed by atoms with Gasteiger partial charge in [0.2, 0.25) is 10.0 Å². The van der Waals surface area contributed by atoms with Crippen molar-refractivity contribution >= 4 is 30.9 Å². The average molecular weight is 492 g/mol. The minimum absolute atomic E-state index is 0.0315. The van der Waals surface area contributed by atoms with Crippen LogP contribution in [-0.4, -0.2) is 40.0 Å². The van der Waals surface area contributed by atoms with E-state index in [-0.39, 0.29) is 34.7 Å². The third-order valence-corrected chi connectivity index (χ3v) is 8.64. The lowest BCUT2D eigenvalue weighted by Gasteiger charge is -2.28. The predicted molar refractivity (Wildman–Crippen MR) is 130 cm³/mol. The first-order valence-corrected chi connectivity index (χ1v) is 13.7. The third kappa shape index (κ3) is 5.66. The van der Waals surface area contributed by atoms with Crippen molar-refractivity contribution in [3.8, 4) is 11.5 Å². The number of hydrogen-bond acceptors (Lipinski definition) is 6. The SMILES string of the molecule is CC[C@@H](C)N(Cc1ccc(OC)c(OS(=O)(=O)CC)c1)S(=O)(=O)c1ccc2ccccc2c1. The van der Waals surface area contributed by atoms with Crippen LogP contribution in [0.2, 0.25) is 0 Å². The molecule has 0 aliphatic rings. The van der Waals surface area contributed by atoms with E-state index in [0.29, 0.717) is 12.0 Å². The molecule has 178 valence electrons. The lowest BCUT2D eigenvalue weighted by Crippen LogP contribution is -2.37. The Bertz CT molecular complexity index is 1340. The van der Waals surface area contributed by atoms with Gasteiger partial charge in [-0.2, -0.15) is 12.7 Å². The molecule has 0 unspecified atom stereocenters. The minimum atomic E-state index is -3.83. The van der Waals surface area contributed by atoms with Crippen LogP contribution in [-0.2, 0) is 26.7 Å². The fourth-order valence-corrected chi connectivity index (χ4v) is 5.66. The Hall–Kier alpha value is -2.62. The first-order valence-electron chi connectivity index (χ1n) is 10.7. The summed E-state index contributed by atoms with van der Waals surface area (Å²) in [4.78, 5) is 0.208. The predicted octanol–water partition coefficient (Wildman–Crippen LogP) is 4.57. The highest BCUT2D eigenvalue weighted by Gasteiger charge is 2.29. The van der Waals surface area contributed by atoms with Gasteiger partial charge in [0.05, 0.1) is 17.8 Å². The maximum Gasteiger partial charge on any atom is 0.309 e. The van der Waals surface area contributed by atoms with Crippen molar-refractivity contribution < 1.29 is 25.8 Å². The Kier molecular flexibility index (Phi) is 7.66. The number of ether oxygens (including phenoxy) is 1. The normalized spacial score (nSPS) is 13.2. The molecule has 7 nitrogen and oxygen atoms in total. The zero-order valence-corrected chi connectivity index (χ0v) is 20.8. The van der Waals surface area contributed by atoms with Crippen molar-refractivity contribution in [3.63, 3.8) is 0 Å². The van der Waals surface area contributed by atoms with Crippen LogP contribution in [0.4, 0.5) is 0 Å². The largest absolute Gasteiger partial charge is 0.493 e. The van der Waals surface area contributed by atoms with Gasteiger partial charge in [-0.15, -0.1) is 0 Å². The molecule has 0 saturated carbocycles. The second kappa shape index (κ2) is 10.1. The van der Waals surface area contributed by atoms with Crippen molar-refractivity contribution in [2.45, 2.75) is 44.7 Å². The van der Waals surface area contributed by atoms with E-state index in [1.165, 1.54) is 24.4 Å². The molecule has 0 bridgehead atoms. The molecular formula is C24H29NO6S2. The van der Waals surface area contributed by atoms with Crippen molar-refractivity contribution in [2.24, 2.45) is 0 Å². The van der Waals surface area contributed by atoms with Crippen LogP contribution in [0.5, 0.6) is 11.5 Å². The average Bonchev–Trinajstić information content (AvgIpc) is 2.81. The van der Waals surface area contributed by atoms with E-state index in [9.17, 15) is 16.8 Å². The van der Waals surface area contributed by atoms with E-state index in [2.05, 4.69) is 0 Å². The van der Waals surface area contributed by atoms with Crippen molar-refractivity contribution in [1.29, 1.82) is 0 Å². The molecule has 3 aromatic rings. The molecule has 0 aliphatic carbocycles. The summed E-state index contributed by atoms with van der Waals surface area (Å²) < 4.78 is 63.1.